The molecule has 5 fully saturated rings. The molecule has 4 aliphatic carbocycles. The lowest BCUT2D eigenvalue weighted by Gasteiger charge is -2.62. The van der Waals surface area contributed by atoms with Gasteiger partial charge >= 0.3 is 0 Å². The summed E-state index contributed by atoms with van der Waals surface area (Å²) in [6, 6.07) is 0.458. The van der Waals surface area contributed by atoms with Crippen molar-refractivity contribution < 1.29 is 9.84 Å². The van der Waals surface area contributed by atoms with Crippen LogP contribution in [-0.4, -0.2) is 35.6 Å². The van der Waals surface area contributed by atoms with Crippen LogP contribution in [0.5, 0.6) is 0 Å². The van der Waals surface area contributed by atoms with Crippen LogP contribution < -0.4 is 11.1 Å². The van der Waals surface area contributed by atoms with Gasteiger partial charge in [0, 0.05) is 12.5 Å². The Morgan fingerprint density at radius 1 is 1.06 bits per heavy atom. The van der Waals surface area contributed by atoms with Gasteiger partial charge in [-0.05, 0) is 97.8 Å². The smallest absolute Gasteiger partial charge is 0.181 e. The highest BCUT2D eigenvalue weighted by molar-refractivity contribution is 5.28. The molecule has 6 aliphatic rings. The van der Waals surface area contributed by atoms with Crippen LogP contribution in [0.15, 0.2) is 11.6 Å². The van der Waals surface area contributed by atoms with Crippen LogP contribution in [0.3, 0.4) is 0 Å². The van der Waals surface area contributed by atoms with Crippen LogP contribution in [0.4, 0.5) is 0 Å². The number of nitrogens with two attached hydrogens (primary N) is 1. The molecule has 2 saturated heterocycles. The van der Waals surface area contributed by atoms with Gasteiger partial charge in [-0.2, -0.15) is 0 Å². The normalized spacial score (nSPS) is 60.7. The Hall–Kier alpha value is -0.420. The van der Waals surface area contributed by atoms with Crippen LogP contribution in [0, 0.1) is 39.9 Å². The molecule has 0 aromatic rings. The van der Waals surface area contributed by atoms with E-state index in [-0.39, 0.29) is 17.6 Å². The molecule has 0 spiro atoms. The molecule has 6 rings (SSSR count). The fourth-order valence-corrected chi connectivity index (χ4v) is 9.90. The van der Waals surface area contributed by atoms with Gasteiger partial charge in [0.15, 0.2) is 5.79 Å². The van der Waals surface area contributed by atoms with Gasteiger partial charge in [-0.1, -0.05) is 39.3 Å². The van der Waals surface area contributed by atoms with Crippen molar-refractivity contribution in [3.05, 3.63) is 11.6 Å². The van der Waals surface area contributed by atoms with E-state index in [0.29, 0.717) is 28.7 Å². The van der Waals surface area contributed by atoms with Gasteiger partial charge in [0.05, 0.1) is 12.1 Å². The SMILES string of the molecule is CC1CNC2CC3C(CC4(C)C5CC=C6CC(N)CCC6(C)C5CCC34C)OC2(O)C1. The minimum absolute atomic E-state index is 0.0945. The van der Waals surface area contributed by atoms with E-state index >= 15 is 0 Å². The van der Waals surface area contributed by atoms with E-state index in [0.717, 1.165) is 44.1 Å². The first-order valence-electron chi connectivity index (χ1n) is 13.2. The van der Waals surface area contributed by atoms with Crippen molar-refractivity contribution in [3.63, 3.8) is 0 Å². The third-order valence-electron chi connectivity index (χ3n) is 11.9. The molecular weight excluding hydrogens is 384 g/mol. The second-order valence-corrected chi connectivity index (χ2v) is 13.3. The molecule has 174 valence electrons. The number of nitrogens with one attached hydrogen (secondary N) is 1. The first-order valence-corrected chi connectivity index (χ1v) is 13.2. The standard InChI is InChI=1S/C27H44N2O2/c1-16-13-27(30)23(29-15-16)12-21-22(31-27)14-26(4)20-6-5-17-11-18(28)7-9-24(17,2)19(20)8-10-25(21,26)3/h5,16,18-23,29-30H,6-15,28H2,1-4H3. The minimum atomic E-state index is -0.969. The van der Waals surface area contributed by atoms with E-state index in [1.807, 2.05) is 0 Å². The maximum Gasteiger partial charge on any atom is 0.181 e. The van der Waals surface area contributed by atoms with Crippen LogP contribution in [-0.2, 0) is 4.74 Å². The predicted molar refractivity (Wildman–Crippen MR) is 123 cm³/mol. The van der Waals surface area contributed by atoms with Crippen molar-refractivity contribution in [2.75, 3.05) is 6.54 Å². The highest BCUT2D eigenvalue weighted by Gasteiger charge is 2.69. The fraction of sp³-hybridized carbons (Fsp3) is 0.926. The summed E-state index contributed by atoms with van der Waals surface area (Å²) in [6.45, 7) is 11.0. The van der Waals surface area contributed by atoms with Crippen molar-refractivity contribution in [2.45, 2.75) is 109 Å². The fourth-order valence-electron chi connectivity index (χ4n) is 9.90. The summed E-state index contributed by atoms with van der Waals surface area (Å²) in [4.78, 5) is 0. The zero-order chi connectivity index (χ0) is 21.8. The largest absolute Gasteiger partial charge is 0.364 e. The van der Waals surface area contributed by atoms with Gasteiger partial charge in [-0.3, -0.25) is 0 Å². The van der Waals surface area contributed by atoms with Crippen molar-refractivity contribution in [3.8, 4) is 0 Å². The van der Waals surface area contributed by atoms with Gasteiger partial charge in [0.2, 0.25) is 0 Å². The topological polar surface area (TPSA) is 67.5 Å². The van der Waals surface area contributed by atoms with Gasteiger partial charge in [-0.15, -0.1) is 0 Å². The lowest BCUT2D eigenvalue weighted by Crippen LogP contribution is -2.64. The second kappa shape index (κ2) is 6.58. The average molecular weight is 429 g/mol. The minimum Gasteiger partial charge on any atom is -0.364 e. The maximum atomic E-state index is 11.5. The molecule has 0 aromatic carbocycles. The highest BCUT2D eigenvalue weighted by Crippen LogP contribution is 2.73. The number of hydrogen-bond donors (Lipinski definition) is 3. The molecule has 2 aliphatic heterocycles. The number of piperidine rings is 1. The molecule has 3 saturated carbocycles. The van der Waals surface area contributed by atoms with E-state index in [1.165, 1.54) is 32.1 Å². The van der Waals surface area contributed by atoms with E-state index in [2.05, 4.69) is 39.1 Å². The Labute approximate surface area is 188 Å². The Morgan fingerprint density at radius 2 is 1.87 bits per heavy atom. The molecule has 11 unspecified atom stereocenters. The monoisotopic (exact) mass is 428 g/mol. The van der Waals surface area contributed by atoms with Crippen LogP contribution in [0.25, 0.3) is 0 Å². The summed E-state index contributed by atoms with van der Waals surface area (Å²) in [7, 11) is 0. The molecule has 0 amide bonds. The summed E-state index contributed by atoms with van der Waals surface area (Å²) < 4.78 is 6.68. The molecule has 0 bridgehead atoms. The molecule has 31 heavy (non-hydrogen) atoms. The Bertz CT molecular complexity index is 798. The number of allylic oxidation sites excluding steroid dienone is 1. The molecule has 0 aromatic heterocycles. The lowest BCUT2D eigenvalue weighted by molar-refractivity contribution is -0.297. The Morgan fingerprint density at radius 3 is 2.68 bits per heavy atom. The van der Waals surface area contributed by atoms with E-state index in [1.54, 1.807) is 5.57 Å². The molecule has 2 heterocycles. The number of aliphatic hydroxyl groups is 1. The number of fused-ring (bicyclic) bond motifs is 8. The number of ether oxygens (including phenoxy) is 1. The molecule has 11 atom stereocenters. The molecular formula is C27H44N2O2. The number of rotatable bonds is 0. The van der Waals surface area contributed by atoms with Gasteiger partial charge < -0.3 is 20.9 Å². The third-order valence-corrected chi connectivity index (χ3v) is 11.9. The van der Waals surface area contributed by atoms with Crippen molar-refractivity contribution in [1.82, 2.24) is 5.32 Å². The zero-order valence-electron chi connectivity index (χ0n) is 20.1. The average Bonchev–Trinajstić information content (AvgIpc) is 2.92. The summed E-state index contributed by atoms with van der Waals surface area (Å²) in [5, 5.41) is 15.1. The van der Waals surface area contributed by atoms with Crippen LogP contribution >= 0.6 is 0 Å². The quantitative estimate of drug-likeness (QED) is 0.501. The molecule has 4 heteroatoms. The summed E-state index contributed by atoms with van der Waals surface area (Å²) in [6.07, 6.45) is 13.2. The summed E-state index contributed by atoms with van der Waals surface area (Å²) in [5.41, 5.74) is 8.98. The highest BCUT2D eigenvalue weighted by atomic mass is 16.6. The van der Waals surface area contributed by atoms with Crippen LogP contribution in [0.2, 0.25) is 0 Å². The predicted octanol–water partition coefficient (Wildman–Crippen LogP) is 4.37. The maximum absolute atomic E-state index is 11.5. The lowest BCUT2D eigenvalue weighted by atomic mass is 9.42. The molecule has 4 N–H and O–H groups in total. The van der Waals surface area contributed by atoms with Crippen LogP contribution in [0.1, 0.15) is 85.5 Å². The van der Waals surface area contributed by atoms with Gasteiger partial charge in [-0.25, -0.2) is 0 Å². The molecule has 0 radical (unpaired) electrons. The first kappa shape index (κ1) is 21.1. The van der Waals surface area contributed by atoms with Crippen molar-refractivity contribution >= 4 is 0 Å². The third kappa shape index (κ3) is 2.68. The van der Waals surface area contributed by atoms with E-state index in [4.69, 9.17) is 10.5 Å². The van der Waals surface area contributed by atoms with Gasteiger partial charge in [0.25, 0.3) is 0 Å². The summed E-state index contributed by atoms with van der Waals surface area (Å²) >= 11 is 0. The number of hydrogen-bond acceptors (Lipinski definition) is 4. The zero-order valence-corrected chi connectivity index (χ0v) is 20.1. The van der Waals surface area contributed by atoms with Crippen molar-refractivity contribution in [2.24, 2.45) is 45.7 Å². The Balaban J connectivity index is 1.34. The Kier molecular flexibility index (Phi) is 4.49. The van der Waals surface area contributed by atoms with Gasteiger partial charge in [0.1, 0.15) is 0 Å². The first-order chi connectivity index (χ1) is 14.6. The van der Waals surface area contributed by atoms with Crippen molar-refractivity contribution in [1.29, 1.82) is 0 Å². The van der Waals surface area contributed by atoms with E-state index < -0.39 is 5.79 Å². The second-order valence-electron chi connectivity index (χ2n) is 13.3. The molecule has 4 nitrogen and oxygen atoms in total. The summed E-state index contributed by atoms with van der Waals surface area (Å²) in [5.74, 6) is 1.57. The van der Waals surface area contributed by atoms with E-state index in [9.17, 15) is 5.11 Å².